The van der Waals surface area contributed by atoms with Crippen LogP contribution in [0.15, 0.2) is 72.3 Å². The number of ether oxygens (including phenoxy) is 1. The summed E-state index contributed by atoms with van der Waals surface area (Å²) in [6.45, 7) is 3.83. The molecule has 2 N–H and O–H groups in total. The molecule has 0 aliphatic carbocycles. The van der Waals surface area contributed by atoms with Crippen molar-refractivity contribution >= 4 is 29.1 Å². The predicted octanol–water partition coefficient (Wildman–Crippen LogP) is 4.82. The molecule has 7 nitrogen and oxygen atoms in total. The largest absolute Gasteiger partial charge is 0.507 e. The summed E-state index contributed by atoms with van der Waals surface area (Å²) in [4.78, 5) is 39.1. The number of amides is 1. The molecule has 1 atom stereocenters. The summed E-state index contributed by atoms with van der Waals surface area (Å²) in [6.07, 6.45) is 0.675. The molecule has 1 heterocycles. The van der Waals surface area contributed by atoms with Crippen LogP contribution in [0.5, 0.6) is 5.75 Å². The zero-order valence-electron chi connectivity index (χ0n) is 20.3. The van der Waals surface area contributed by atoms with Crippen LogP contribution in [0, 0.1) is 6.92 Å². The number of anilines is 1. The van der Waals surface area contributed by atoms with Gasteiger partial charge in [-0.15, -0.1) is 0 Å². The Morgan fingerprint density at radius 2 is 1.58 bits per heavy atom. The number of carboxylic acids is 1. The van der Waals surface area contributed by atoms with Gasteiger partial charge in [0.2, 0.25) is 0 Å². The Kier molecular flexibility index (Phi) is 6.92. The summed E-state index contributed by atoms with van der Waals surface area (Å²) in [5.41, 5.74) is 3.89. The normalized spacial score (nSPS) is 16.9. The lowest BCUT2D eigenvalue weighted by Crippen LogP contribution is -2.29. The summed E-state index contributed by atoms with van der Waals surface area (Å²) >= 11 is 0. The lowest BCUT2D eigenvalue weighted by atomic mass is 9.93. The van der Waals surface area contributed by atoms with Crippen LogP contribution in [0.2, 0.25) is 0 Å². The molecule has 3 aromatic carbocycles. The number of benzene rings is 3. The van der Waals surface area contributed by atoms with Crippen LogP contribution in [0.1, 0.15) is 40.8 Å². The first-order valence-corrected chi connectivity index (χ1v) is 11.6. The Morgan fingerprint density at radius 3 is 2.14 bits per heavy atom. The molecule has 3 aromatic rings. The highest BCUT2D eigenvalue weighted by molar-refractivity contribution is 6.51. The van der Waals surface area contributed by atoms with Gasteiger partial charge in [0.25, 0.3) is 11.7 Å². The maximum Gasteiger partial charge on any atom is 0.307 e. The van der Waals surface area contributed by atoms with Crippen LogP contribution in [0.3, 0.4) is 0 Å². The zero-order valence-corrected chi connectivity index (χ0v) is 20.3. The van der Waals surface area contributed by atoms with Gasteiger partial charge in [0, 0.05) is 11.3 Å². The van der Waals surface area contributed by atoms with Crippen LogP contribution < -0.4 is 9.64 Å². The molecule has 4 rings (SSSR count). The zero-order chi connectivity index (χ0) is 26.0. The van der Waals surface area contributed by atoms with Crippen LogP contribution >= 0.6 is 0 Å². The van der Waals surface area contributed by atoms with E-state index >= 15 is 0 Å². The van der Waals surface area contributed by atoms with Crippen molar-refractivity contribution in [2.45, 2.75) is 32.7 Å². The third kappa shape index (κ3) is 4.60. The van der Waals surface area contributed by atoms with Gasteiger partial charge < -0.3 is 14.9 Å². The second kappa shape index (κ2) is 10.1. The molecule has 1 saturated heterocycles. The Hall–Kier alpha value is -4.39. The van der Waals surface area contributed by atoms with Gasteiger partial charge >= 0.3 is 5.97 Å². The van der Waals surface area contributed by atoms with Gasteiger partial charge in [-0.1, -0.05) is 43.3 Å². The summed E-state index contributed by atoms with van der Waals surface area (Å²) in [5, 5.41) is 20.4. The molecule has 1 amide bonds. The van der Waals surface area contributed by atoms with E-state index in [2.05, 4.69) is 0 Å². The minimum absolute atomic E-state index is 0.00729. The predicted molar refractivity (Wildman–Crippen MR) is 136 cm³/mol. The van der Waals surface area contributed by atoms with E-state index in [1.807, 2.05) is 31.2 Å². The molecule has 7 heteroatoms. The molecule has 0 aromatic heterocycles. The Bertz CT molecular complexity index is 1360. The van der Waals surface area contributed by atoms with Crippen LogP contribution in [-0.4, -0.2) is 35.0 Å². The average molecular weight is 486 g/mol. The van der Waals surface area contributed by atoms with E-state index in [4.69, 9.17) is 9.84 Å². The first-order valence-electron chi connectivity index (χ1n) is 11.6. The molecule has 0 spiro atoms. The topological polar surface area (TPSA) is 104 Å². The fraction of sp³-hybridized carbons (Fsp3) is 0.207. The van der Waals surface area contributed by atoms with E-state index in [0.717, 1.165) is 12.0 Å². The molecule has 1 unspecified atom stereocenters. The Morgan fingerprint density at radius 1 is 0.944 bits per heavy atom. The quantitative estimate of drug-likeness (QED) is 0.283. The van der Waals surface area contributed by atoms with Gasteiger partial charge in [-0.2, -0.15) is 0 Å². The second-order valence-corrected chi connectivity index (χ2v) is 8.68. The van der Waals surface area contributed by atoms with Crippen molar-refractivity contribution in [3.05, 3.63) is 100 Å². The highest BCUT2D eigenvalue weighted by atomic mass is 16.5. The van der Waals surface area contributed by atoms with E-state index in [0.29, 0.717) is 33.7 Å². The molecule has 0 saturated carbocycles. The van der Waals surface area contributed by atoms with Crippen molar-refractivity contribution < 1.29 is 29.3 Å². The van der Waals surface area contributed by atoms with Crippen molar-refractivity contribution in [3.63, 3.8) is 0 Å². The number of nitrogens with zero attached hydrogens (tertiary/aromatic N) is 1. The number of hydrogen-bond acceptors (Lipinski definition) is 5. The third-order valence-electron chi connectivity index (χ3n) is 6.41. The first kappa shape index (κ1) is 24.7. The number of carboxylic acid groups (broad SMARTS) is 1. The number of ketones is 1. The SMILES string of the molecule is CCc1ccc(C2/C(=C(/O)c3ccc(OC)cc3C)C(=O)C(=O)N2c2ccc(CC(=O)O)cc2)cc1. The summed E-state index contributed by atoms with van der Waals surface area (Å²) < 4.78 is 5.25. The van der Waals surface area contributed by atoms with Crippen molar-refractivity contribution in [2.75, 3.05) is 12.0 Å². The molecule has 0 radical (unpaired) electrons. The number of aryl methyl sites for hydroxylation is 2. The highest BCUT2D eigenvalue weighted by Gasteiger charge is 2.47. The number of aliphatic hydroxyl groups excluding tert-OH is 1. The third-order valence-corrected chi connectivity index (χ3v) is 6.41. The molecular weight excluding hydrogens is 458 g/mol. The molecule has 1 fully saturated rings. The number of Topliss-reactive ketones (excluding diaryl/α,β-unsaturated/α-hetero) is 1. The van der Waals surface area contributed by atoms with Crippen molar-refractivity contribution in [1.29, 1.82) is 0 Å². The minimum Gasteiger partial charge on any atom is -0.507 e. The van der Waals surface area contributed by atoms with E-state index in [1.54, 1.807) is 56.5 Å². The average Bonchev–Trinajstić information content (AvgIpc) is 3.14. The van der Waals surface area contributed by atoms with Crippen LogP contribution in [0.4, 0.5) is 5.69 Å². The first-order chi connectivity index (χ1) is 17.2. The van der Waals surface area contributed by atoms with E-state index < -0.39 is 23.7 Å². The fourth-order valence-corrected chi connectivity index (χ4v) is 4.47. The molecule has 184 valence electrons. The molecule has 1 aliphatic rings. The van der Waals surface area contributed by atoms with Crippen molar-refractivity contribution in [2.24, 2.45) is 0 Å². The van der Waals surface area contributed by atoms with Gasteiger partial charge in [-0.05, 0) is 65.9 Å². The second-order valence-electron chi connectivity index (χ2n) is 8.68. The summed E-state index contributed by atoms with van der Waals surface area (Å²) in [7, 11) is 1.54. The Balaban J connectivity index is 1.88. The minimum atomic E-state index is -0.964. The molecule has 0 bridgehead atoms. The van der Waals surface area contributed by atoms with E-state index in [1.165, 1.54) is 4.90 Å². The smallest absolute Gasteiger partial charge is 0.307 e. The van der Waals surface area contributed by atoms with Crippen molar-refractivity contribution in [1.82, 2.24) is 0 Å². The number of carbonyl (C=O) groups excluding carboxylic acids is 2. The van der Waals surface area contributed by atoms with E-state index in [9.17, 15) is 19.5 Å². The summed E-state index contributed by atoms with van der Waals surface area (Å²) in [5.74, 6) is -2.17. The summed E-state index contributed by atoms with van der Waals surface area (Å²) in [6, 6.07) is 18.3. The molecule has 36 heavy (non-hydrogen) atoms. The lowest BCUT2D eigenvalue weighted by molar-refractivity contribution is -0.136. The fourth-order valence-electron chi connectivity index (χ4n) is 4.47. The van der Waals surface area contributed by atoms with Gasteiger partial charge in [0.1, 0.15) is 11.5 Å². The Labute approximate surface area is 209 Å². The number of carbonyl (C=O) groups is 3. The maximum atomic E-state index is 13.3. The van der Waals surface area contributed by atoms with Gasteiger partial charge in [-0.25, -0.2) is 0 Å². The van der Waals surface area contributed by atoms with E-state index in [-0.39, 0.29) is 17.8 Å². The number of aliphatic carboxylic acids is 1. The highest BCUT2D eigenvalue weighted by Crippen LogP contribution is 2.42. The number of hydrogen-bond donors (Lipinski definition) is 2. The number of aliphatic hydroxyl groups is 1. The monoisotopic (exact) mass is 485 g/mol. The molecule has 1 aliphatic heterocycles. The lowest BCUT2D eigenvalue weighted by Gasteiger charge is -2.26. The number of rotatable bonds is 7. The van der Waals surface area contributed by atoms with Gasteiger partial charge in [0.15, 0.2) is 0 Å². The molecular formula is C29H27NO6. The standard InChI is InChI=1S/C29H27NO6/c1-4-18-5-9-20(10-6-18)26-25(27(33)23-14-13-22(36-3)15-17(23)2)28(34)29(35)30(26)21-11-7-19(8-12-21)16-24(31)32/h5-15,26,33H,4,16H2,1-3H3,(H,31,32)/b27-25-. The maximum absolute atomic E-state index is 13.3. The van der Waals surface area contributed by atoms with Gasteiger partial charge in [0.05, 0.1) is 25.1 Å². The number of methoxy groups -OCH3 is 1. The van der Waals surface area contributed by atoms with Gasteiger partial charge in [-0.3, -0.25) is 19.3 Å². The van der Waals surface area contributed by atoms with Crippen LogP contribution in [0.25, 0.3) is 5.76 Å². The van der Waals surface area contributed by atoms with Crippen LogP contribution in [-0.2, 0) is 27.2 Å². The van der Waals surface area contributed by atoms with Crippen molar-refractivity contribution in [3.8, 4) is 5.75 Å².